The van der Waals surface area contributed by atoms with Gasteiger partial charge in [-0.2, -0.15) is 5.10 Å². The van der Waals surface area contributed by atoms with Gasteiger partial charge in [0.25, 0.3) is 0 Å². The van der Waals surface area contributed by atoms with Crippen LogP contribution in [0.15, 0.2) is 18.5 Å². The quantitative estimate of drug-likeness (QED) is 0.697. The average molecular weight is 224 g/mol. The highest BCUT2D eigenvalue weighted by Crippen LogP contribution is 2.24. The van der Waals surface area contributed by atoms with E-state index in [0.29, 0.717) is 18.9 Å². The number of aromatic nitrogens is 2. The average Bonchev–Trinajstić information content (AvgIpc) is 2.78. The summed E-state index contributed by atoms with van der Waals surface area (Å²) >= 11 is 0. The fourth-order valence-electron chi connectivity index (χ4n) is 1.70. The first-order chi connectivity index (χ1) is 7.69. The van der Waals surface area contributed by atoms with E-state index in [-0.39, 0.29) is 12.0 Å². The largest absolute Gasteiger partial charge is 0.466 e. The summed E-state index contributed by atoms with van der Waals surface area (Å²) in [5, 5.41) is 4.21. The second-order valence-electron chi connectivity index (χ2n) is 3.95. The molecule has 1 rings (SSSR count). The molecule has 0 aliphatic heterocycles. The summed E-state index contributed by atoms with van der Waals surface area (Å²) in [7, 11) is 0. The summed E-state index contributed by atoms with van der Waals surface area (Å²) in [6.45, 7) is 6.51. The topological polar surface area (TPSA) is 44.1 Å². The van der Waals surface area contributed by atoms with E-state index >= 15 is 0 Å². The number of rotatable bonds is 6. The molecule has 0 radical (unpaired) electrons. The van der Waals surface area contributed by atoms with Gasteiger partial charge in [-0.3, -0.25) is 9.48 Å². The summed E-state index contributed by atoms with van der Waals surface area (Å²) in [5.41, 5.74) is 0. The predicted molar refractivity (Wildman–Crippen MR) is 62.0 cm³/mol. The van der Waals surface area contributed by atoms with Gasteiger partial charge in [0.15, 0.2) is 0 Å². The van der Waals surface area contributed by atoms with Crippen molar-refractivity contribution in [1.82, 2.24) is 9.78 Å². The molecule has 1 aromatic heterocycles. The summed E-state index contributed by atoms with van der Waals surface area (Å²) in [4.78, 5) is 11.5. The number of ether oxygens (including phenoxy) is 1. The van der Waals surface area contributed by atoms with E-state index in [1.54, 1.807) is 6.20 Å². The first-order valence-corrected chi connectivity index (χ1v) is 5.83. The first-order valence-electron chi connectivity index (χ1n) is 5.83. The molecule has 0 aromatic carbocycles. The van der Waals surface area contributed by atoms with Crippen LogP contribution in [0.25, 0.3) is 0 Å². The molecule has 16 heavy (non-hydrogen) atoms. The van der Waals surface area contributed by atoms with Gasteiger partial charge >= 0.3 is 5.97 Å². The zero-order chi connectivity index (χ0) is 12.0. The van der Waals surface area contributed by atoms with Gasteiger partial charge < -0.3 is 4.74 Å². The number of carbonyl (C=O) groups excluding carboxylic acids is 1. The molecule has 0 bridgehead atoms. The van der Waals surface area contributed by atoms with Crippen molar-refractivity contribution in [2.45, 2.75) is 39.7 Å². The number of hydrogen-bond acceptors (Lipinski definition) is 3. The highest BCUT2D eigenvalue weighted by atomic mass is 16.5. The lowest BCUT2D eigenvalue weighted by atomic mass is 9.96. The van der Waals surface area contributed by atoms with Gasteiger partial charge in [0.2, 0.25) is 0 Å². The van der Waals surface area contributed by atoms with E-state index in [9.17, 15) is 4.79 Å². The number of hydrogen-bond donors (Lipinski definition) is 0. The molecule has 0 saturated heterocycles. The fraction of sp³-hybridized carbons (Fsp3) is 0.667. The van der Waals surface area contributed by atoms with Crippen LogP contribution in [0.4, 0.5) is 0 Å². The highest BCUT2D eigenvalue weighted by molar-refractivity contribution is 5.69. The van der Waals surface area contributed by atoms with Crippen LogP contribution in [-0.2, 0) is 9.53 Å². The van der Waals surface area contributed by atoms with Crippen molar-refractivity contribution < 1.29 is 9.53 Å². The Labute approximate surface area is 96.6 Å². The van der Waals surface area contributed by atoms with Gasteiger partial charge in [0, 0.05) is 12.4 Å². The van der Waals surface area contributed by atoms with Crippen molar-refractivity contribution in [3.63, 3.8) is 0 Å². The Morgan fingerprint density at radius 3 is 2.75 bits per heavy atom. The third-order valence-electron chi connectivity index (χ3n) is 2.85. The van der Waals surface area contributed by atoms with Crippen molar-refractivity contribution in [2.24, 2.45) is 5.92 Å². The van der Waals surface area contributed by atoms with Gasteiger partial charge in [-0.15, -0.1) is 0 Å². The molecule has 0 aliphatic rings. The van der Waals surface area contributed by atoms with Crippen molar-refractivity contribution in [3.05, 3.63) is 18.5 Å². The van der Waals surface area contributed by atoms with Crippen molar-refractivity contribution >= 4 is 5.97 Å². The second-order valence-corrected chi connectivity index (χ2v) is 3.95. The smallest absolute Gasteiger partial charge is 0.307 e. The molecule has 1 aromatic rings. The summed E-state index contributed by atoms with van der Waals surface area (Å²) in [6, 6.07) is 1.97. The van der Waals surface area contributed by atoms with Crippen LogP contribution in [0.3, 0.4) is 0 Å². The monoisotopic (exact) mass is 224 g/mol. The van der Waals surface area contributed by atoms with Crippen molar-refractivity contribution in [3.8, 4) is 0 Å². The van der Waals surface area contributed by atoms with E-state index in [1.807, 2.05) is 23.9 Å². The van der Waals surface area contributed by atoms with Crippen LogP contribution < -0.4 is 0 Å². The van der Waals surface area contributed by atoms with E-state index in [4.69, 9.17) is 4.74 Å². The molecule has 1 heterocycles. The molecule has 0 aliphatic carbocycles. The van der Waals surface area contributed by atoms with Crippen LogP contribution in [0.5, 0.6) is 0 Å². The summed E-state index contributed by atoms with van der Waals surface area (Å²) < 4.78 is 6.84. The van der Waals surface area contributed by atoms with Gasteiger partial charge in [-0.05, 0) is 18.9 Å². The van der Waals surface area contributed by atoms with Gasteiger partial charge in [-0.25, -0.2) is 0 Å². The van der Waals surface area contributed by atoms with Gasteiger partial charge in [0.1, 0.15) is 0 Å². The molecule has 4 heteroatoms. The minimum Gasteiger partial charge on any atom is -0.466 e. The van der Waals surface area contributed by atoms with Crippen molar-refractivity contribution in [2.75, 3.05) is 6.61 Å². The molecule has 0 saturated carbocycles. The fourth-order valence-corrected chi connectivity index (χ4v) is 1.70. The van der Waals surface area contributed by atoms with Crippen LogP contribution in [-0.4, -0.2) is 22.4 Å². The maximum Gasteiger partial charge on any atom is 0.307 e. The number of nitrogens with zero attached hydrogens (tertiary/aromatic N) is 2. The Kier molecular flexibility index (Phi) is 5.02. The second kappa shape index (κ2) is 6.30. The molecule has 90 valence electrons. The predicted octanol–water partition coefficient (Wildman–Crippen LogP) is 2.42. The summed E-state index contributed by atoms with van der Waals surface area (Å²) in [6.07, 6.45) is 5.05. The zero-order valence-electron chi connectivity index (χ0n) is 10.2. The van der Waals surface area contributed by atoms with Crippen LogP contribution in [0, 0.1) is 5.92 Å². The van der Waals surface area contributed by atoms with Crippen molar-refractivity contribution in [1.29, 1.82) is 0 Å². The van der Waals surface area contributed by atoms with Crippen LogP contribution in [0.1, 0.15) is 39.7 Å². The number of esters is 1. The normalized spacial score (nSPS) is 14.4. The molecule has 4 nitrogen and oxygen atoms in total. The SMILES string of the molecule is CCOC(=O)CC(C(C)CC)n1cccn1. The first kappa shape index (κ1) is 12.7. The molecular weight excluding hydrogens is 204 g/mol. The molecule has 2 unspecified atom stereocenters. The Hall–Kier alpha value is -1.32. The van der Waals surface area contributed by atoms with Crippen LogP contribution >= 0.6 is 0 Å². The molecule has 0 spiro atoms. The van der Waals surface area contributed by atoms with E-state index in [1.165, 1.54) is 0 Å². The Bertz CT molecular complexity index is 309. The molecular formula is C12H20N2O2. The third-order valence-corrected chi connectivity index (χ3v) is 2.85. The maximum atomic E-state index is 11.5. The maximum absolute atomic E-state index is 11.5. The van der Waals surface area contributed by atoms with E-state index < -0.39 is 0 Å². The lowest BCUT2D eigenvalue weighted by molar-refractivity contribution is -0.144. The lowest BCUT2D eigenvalue weighted by Crippen LogP contribution is -2.22. The van der Waals surface area contributed by atoms with E-state index in [0.717, 1.165) is 6.42 Å². The van der Waals surface area contributed by atoms with Gasteiger partial charge in [0.05, 0.1) is 19.1 Å². The molecule has 0 N–H and O–H groups in total. The molecule has 0 fully saturated rings. The number of carbonyl (C=O) groups is 1. The van der Waals surface area contributed by atoms with E-state index in [2.05, 4.69) is 18.9 Å². The van der Waals surface area contributed by atoms with Gasteiger partial charge in [-0.1, -0.05) is 20.3 Å². The minimum absolute atomic E-state index is 0.0963. The lowest BCUT2D eigenvalue weighted by Gasteiger charge is -2.22. The third kappa shape index (κ3) is 3.36. The Morgan fingerprint density at radius 2 is 2.25 bits per heavy atom. The minimum atomic E-state index is -0.150. The standard InChI is InChI=1S/C12H20N2O2/c1-4-10(3)11(9-12(15)16-5-2)14-8-6-7-13-14/h6-8,10-11H,4-5,9H2,1-3H3. The zero-order valence-corrected chi connectivity index (χ0v) is 10.2. The van der Waals surface area contributed by atoms with Crippen LogP contribution in [0.2, 0.25) is 0 Å². The Balaban J connectivity index is 2.69. The Morgan fingerprint density at radius 1 is 1.50 bits per heavy atom. The molecule has 2 atom stereocenters. The highest BCUT2D eigenvalue weighted by Gasteiger charge is 2.22. The molecule has 0 amide bonds. The summed E-state index contributed by atoms with van der Waals surface area (Å²) in [5.74, 6) is 0.257.